The van der Waals surface area contributed by atoms with Gasteiger partial charge in [-0.1, -0.05) is 19.1 Å². The van der Waals surface area contributed by atoms with Crippen LogP contribution in [0.4, 0.5) is 0 Å². The zero-order chi connectivity index (χ0) is 14.5. The van der Waals surface area contributed by atoms with E-state index < -0.39 is 11.6 Å². The lowest BCUT2D eigenvalue weighted by atomic mass is 10.1. The molecule has 4 nitrogen and oxygen atoms in total. The fourth-order valence-electron chi connectivity index (χ4n) is 2.14. The standard InChI is InChI=1S/C15H23NO3/c1-4-8-16(11-15(2,3)19)10-12-6-5-7-13(9-12)14(17)18/h5-7,9,19H,4,8,10-11H2,1-3H3,(H,17,18). The number of carbonyl (C=O) groups is 1. The Morgan fingerprint density at radius 3 is 2.58 bits per heavy atom. The highest BCUT2D eigenvalue weighted by Gasteiger charge is 2.18. The minimum absolute atomic E-state index is 0.303. The monoisotopic (exact) mass is 265 g/mol. The number of nitrogens with zero attached hydrogens (tertiary/aromatic N) is 1. The lowest BCUT2D eigenvalue weighted by molar-refractivity contribution is 0.0335. The van der Waals surface area contributed by atoms with Gasteiger partial charge in [0.1, 0.15) is 0 Å². The first kappa shape index (κ1) is 15.7. The number of hydrogen-bond donors (Lipinski definition) is 2. The maximum atomic E-state index is 10.9. The van der Waals surface area contributed by atoms with Crippen molar-refractivity contribution in [1.29, 1.82) is 0 Å². The summed E-state index contributed by atoms with van der Waals surface area (Å²) in [5.74, 6) is -0.911. The van der Waals surface area contributed by atoms with Crippen LogP contribution >= 0.6 is 0 Å². The molecule has 0 fully saturated rings. The molecule has 0 saturated heterocycles. The molecule has 0 atom stereocenters. The average Bonchev–Trinajstić information content (AvgIpc) is 2.27. The van der Waals surface area contributed by atoms with Crippen LogP contribution in [0.2, 0.25) is 0 Å². The van der Waals surface area contributed by atoms with Crippen LogP contribution in [0.5, 0.6) is 0 Å². The topological polar surface area (TPSA) is 60.8 Å². The van der Waals surface area contributed by atoms with Gasteiger partial charge < -0.3 is 10.2 Å². The third-order valence-corrected chi connectivity index (χ3v) is 2.73. The predicted octanol–water partition coefficient (Wildman–Crippen LogP) is 2.37. The summed E-state index contributed by atoms with van der Waals surface area (Å²) in [4.78, 5) is 13.1. The Balaban J connectivity index is 2.78. The predicted molar refractivity (Wildman–Crippen MR) is 75.3 cm³/mol. The molecular formula is C15H23NO3. The van der Waals surface area contributed by atoms with Crippen molar-refractivity contribution in [2.24, 2.45) is 0 Å². The van der Waals surface area contributed by atoms with Crippen LogP contribution in [0.25, 0.3) is 0 Å². The minimum Gasteiger partial charge on any atom is -0.478 e. The van der Waals surface area contributed by atoms with Crippen LogP contribution < -0.4 is 0 Å². The Morgan fingerprint density at radius 2 is 2.05 bits per heavy atom. The van der Waals surface area contributed by atoms with Gasteiger partial charge in [-0.2, -0.15) is 0 Å². The lowest BCUT2D eigenvalue weighted by Crippen LogP contribution is -2.38. The second kappa shape index (κ2) is 6.68. The van der Waals surface area contributed by atoms with Gasteiger partial charge in [-0.25, -0.2) is 4.79 Å². The summed E-state index contributed by atoms with van der Waals surface area (Å²) in [6.07, 6.45) is 0.995. The van der Waals surface area contributed by atoms with Gasteiger partial charge in [0.2, 0.25) is 0 Å². The highest BCUT2D eigenvalue weighted by Crippen LogP contribution is 2.12. The number of aromatic carboxylic acids is 1. The second-order valence-electron chi connectivity index (χ2n) is 5.53. The number of carboxylic acid groups (broad SMARTS) is 1. The van der Waals surface area contributed by atoms with Gasteiger partial charge in [-0.3, -0.25) is 4.90 Å². The van der Waals surface area contributed by atoms with Crippen molar-refractivity contribution in [2.75, 3.05) is 13.1 Å². The van der Waals surface area contributed by atoms with Crippen molar-refractivity contribution in [3.63, 3.8) is 0 Å². The molecule has 0 bridgehead atoms. The van der Waals surface area contributed by atoms with Crippen molar-refractivity contribution in [1.82, 2.24) is 4.90 Å². The zero-order valence-corrected chi connectivity index (χ0v) is 11.9. The summed E-state index contributed by atoms with van der Waals surface area (Å²) in [5.41, 5.74) is 0.509. The van der Waals surface area contributed by atoms with Crippen LogP contribution in [0.3, 0.4) is 0 Å². The molecule has 106 valence electrons. The highest BCUT2D eigenvalue weighted by molar-refractivity contribution is 5.87. The van der Waals surface area contributed by atoms with Gasteiger partial charge in [-0.15, -0.1) is 0 Å². The van der Waals surface area contributed by atoms with E-state index in [0.29, 0.717) is 18.7 Å². The summed E-state index contributed by atoms with van der Waals surface area (Å²) in [5, 5.41) is 18.9. The van der Waals surface area contributed by atoms with Crippen molar-refractivity contribution in [3.8, 4) is 0 Å². The molecule has 0 aromatic heterocycles. The molecule has 1 rings (SSSR count). The maximum absolute atomic E-state index is 10.9. The van der Waals surface area contributed by atoms with Crippen LogP contribution in [-0.4, -0.2) is 39.8 Å². The number of aliphatic hydroxyl groups is 1. The molecule has 0 aliphatic rings. The van der Waals surface area contributed by atoms with E-state index in [9.17, 15) is 9.90 Å². The average molecular weight is 265 g/mol. The zero-order valence-electron chi connectivity index (χ0n) is 11.9. The molecule has 0 heterocycles. The first-order valence-electron chi connectivity index (χ1n) is 6.59. The van der Waals surface area contributed by atoms with Crippen LogP contribution in [0, 0.1) is 0 Å². The third-order valence-electron chi connectivity index (χ3n) is 2.73. The maximum Gasteiger partial charge on any atom is 0.335 e. The van der Waals surface area contributed by atoms with Gasteiger partial charge in [0, 0.05) is 13.1 Å². The van der Waals surface area contributed by atoms with Crippen LogP contribution in [-0.2, 0) is 6.54 Å². The Labute approximate surface area is 114 Å². The molecular weight excluding hydrogens is 242 g/mol. The number of carboxylic acids is 1. The Morgan fingerprint density at radius 1 is 1.37 bits per heavy atom. The van der Waals surface area contributed by atoms with Crippen molar-refractivity contribution in [3.05, 3.63) is 35.4 Å². The van der Waals surface area contributed by atoms with E-state index in [4.69, 9.17) is 5.11 Å². The lowest BCUT2D eigenvalue weighted by Gasteiger charge is -2.28. The Bertz CT molecular complexity index is 424. The molecule has 0 aliphatic carbocycles. The van der Waals surface area contributed by atoms with Gasteiger partial charge in [0.15, 0.2) is 0 Å². The van der Waals surface area contributed by atoms with E-state index in [-0.39, 0.29) is 0 Å². The van der Waals surface area contributed by atoms with Gasteiger partial charge in [0.05, 0.1) is 11.2 Å². The normalized spacial score (nSPS) is 11.8. The van der Waals surface area contributed by atoms with E-state index in [2.05, 4.69) is 11.8 Å². The number of rotatable bonds is 7. The van der Waals surface area contributed by atoms with Crippen molar-refractivity contribution in [2.45, 2.75) is 39.3 Å². The molecule has 0 radical (unpaired) electrons. The largest absolute Gasteiger partial charge is 0.478 e. The number of hydrogen-bond acceptors (Lipinski definition) is 3. The first-order valence-corrected chi connectivity index (χ1v) is 6.59. The van der Waals surface area contributed by atoms with E-state index in [1.54, 1.807) is 32.0 Å². The second-order valence-corrected chi connectivity index (χ2v) is 5.53. The van der Waals surface area contributed by atoms with E-state index >= 15 is 0 Å². The third kappa shape index (κ3) is 5.85. The summed E-state index contributed by atoms with van der Waals surface area (Å²) in [6.45, 7) is 7.75. The molecule has 4 heteroatoms. The van der Waals surface area contributed by atoms with Gasteiger partial charge in [0.25, 0.3) is 0 Å². The van der Waals surface area contributed by atoms with Gasteiger partial charge >= 0.3 is 5.97 Å². The fourth-order valence-corrected chi connectivity index (χ4v) is 2.14. The molecule has 0 unspecified atom stereocenters. The summed E-state index contributed by atoms with van der Waals surface area (Å²) in [6, 6.07) is 6.95. The molecule has 1 aromatic carbocycles. The Hall–Kier alpha value is -1.39. The fraction of sp³-hybridized carbons (Fsp3) is 0.533. The van der Waals surface area contributed by atoms with Crippen molar-refractivity contribution >= 4 is 5.97 Å². The smallest absolute Gasteiger partial charge is 0.335 e. The molecule has 0 saturated carbocycles. The summed E-state index contributed by atoms with van der Waals surface area (Å²) in [7, 11) is 0. The van der Waals surface area contributed by atoms with E-state index in [0.717, 1.165) is 18.5 Å². The molecule has 1 aromatic rings. The SMILES string of the molecule is CCCN(Cc1cccc(C(=O)O)c1)CC(C)(C)O. The van der Waals surface area contributed by atoms with Crippen LogP contribution in [0.15, 0.2) is 24.3 Å². The van der Waals surface area contributed by atoms with E-state index in [1.807, 2.05) is 6.07 Å². The molecule has 0 spiro atoms. The highest BCUT2D eigenvalue weighted by atomic mass is 16.4. The first-order chi connectivity index (χ1) is 8.81. The van der Waals surface area contributed by atoms with Gasteiger partial charge in [-0.05, 0) is 44.5 Å². The molecule has 0 aliphatic heterocycles. The van der Waals surface area contributed by atoms with Crippen molar-refractivity contribution < 1.29 is 15.0 Å². The molecule has 0 amide bonds. The Kier molecular flexibility index (Phi) is 5.51. The quantitative estimate of drug-likeness (QED) is 0.794. The summed E-state index contributed by atoms with van der Waals surface area (Å²) >= 11 is 0. The molecule has 2 N–H and O–H groups in total. The summed E-state index contributed by atoms with van der Waals surface area (Å²) < 4.78 is 0. The van der Waals surface area contributed by atoms with Crippen LogP contribution in [0.1, 0.15) is 43.1 Å². The van der Waals surface area contributed by atoms with E-state index in [1.165, 1.54) is 0 Å². The number of benzene rings is 1. The minimum atomic E-state index is -0.911. The molecule has 19 heavy (non-hydrogen) atoms.